The van der Waals surface area contributed by atoms with Crippen molar-refractivity contribution in [3.63, 3.8) is 0 Å². The van der Waals surface area contributed by atoms with E-state index in [4.69, 9.17) is 0 Å². The van der Waals surface area contributed by atoms with Crippen LogP contribution in [0.2, 0.25) is 0 Å². The van der Waals surface area contributed by atoms with E-state index >= 15 is 0 Å². The van der Waals surface area contributed by atoms with Crippen LogP contribution in [-0.2, 0) is 11.2 Å². The Kier molecular flexibility index (Phi) is 6.44. The fourth-order valence-electron chi connectivity index (χ4n) is 3.07. The first-order valence-electron chi connectivity index (χ1n) is 8.61. The number of hydrogen-bond donors (Lipinski definition) is 2. The number of carbonyl (C=O) groups is 1. The van der Waals surface area contributed by atoms with Crippen LogP contribution in [0.4, 0.5) is 0 Å². The molecule has 1 aromatic carbocycles. The summed E-state index contributed by atoms with van der Waals surface area (Å²) in [6.45, 7) is 7.09. The summed E-state index contributed by atoms with van der Waals surface area (Å²) in [5, 5.41) is 6.56. The largest absolute Gasteiger partial charge is 0.355 e. The predicted molar refractivity (Wildman–Crippen MR) is 91.8 cm³/mol. The highest BCUT2D eigenvalue weighted by atomic mass is 16.2. The number of hydrogen-bond acceptors (Lipinski definition) is 2. The Labute approximate surface area is 134 Å². The average molecular weight is 302 g/mol. The molecular weight excluding hydrogens is 272 g/mol. The van der Waals surface area contributed by atoms with Gasteiger partial charge in [0.2, 0.25) is 5.91 Å². The molecule has 22 heavy (non-hydrogen) atoms. The molecule has 0 bridgehead atoms. The molecular formula is C19H30N2O. The molecule has 2 rings (SSSR count). The monoisotopic (exact) mass is 302 g/mol. The third-order valence-electron chi connectivity index (χ3n) is 4.67. The van der Waals surface area contributed by atoms with Crippen LogP contribution in [0.25, 0.3) is 0 Å². The van der Waals surface area contributed by atoms with E-state index < -0.39 is 0 Å². The molecule has 3 heteroatoms. The van der Waals surface area contributed by atoms with Crippen molar-refractivity contribution in [3.05, 3.63) is 35.9 Å². The number of amides is 1. The van der Waals surface area contributed by atoms with Crippen LogP contribution >= 0.6 is 0 Å². The van der Waals surface area contributed by atoms with E-state index in [1.807, 2.05) is 6.07 Å². The lowest BCUT2D eigenvalue weighted by Gasteiger charge is -2.27. The molecule has 1 unspecified atom stereocenters. The van der Waals surface area contributed by atoms with Gasteiger partial charge in [-0.1, -0.05) is 44.2 Å². The fraction of sp³-hybridized carbons (Fsp3) is 0.632. The molecule has 1 aliphatic rings. The molecule has 1 saturated heterocycles. The van der Waals surface area contributed by atoms with E-state index in [1.165, 1.54) is 18.4 Å². The molecule has 1 atom stereocenters. The first kappa shape index (κ1) is 17.0. The summed E-state index contributed by atoms with van der Waals surface area (Å²) in [6, 6.07) is 10.5. The van der Waals surface area contributed by atoms with Crippen LogP contribution in [0.3, 0.4) is 0 Å². The van der Waals surface area contributed by atoms with Crippen molar-refractivity contribution in [3.8, 4) is 0 Å². The molecule has 1 aliphatic heterocycles. The van der Waals surface area contributed by atoms with Crippen LogP contribution in [0.5, 0.6) is 0 Å². The Bertz CT molecular complexity index is 450. The van der Waals surface area contributed by atoms with Crippen LogP contribution in [0.1, 0.15) is 45.1 Å². The number of carbonyl (C=O) groups excluding carboxylic acids is 1. The molecule has 0 aliphatic carbocycles. The topological polar surface area (TPSA) is 41.1 Å². The third-order valence-corrected chi connectivity index (χ3v) is 4.67. The van der Waals surface area contributed by atoms with Crippen molar-refractivity contribution < 1.29 is 4.79 Å². The lowest BCUT2D eigenvalue weighted by atomic mass is 9.85. The number of nitrogens with one attached hydrogen (secondary N) is 2. The van der Waals surface area contributed by atoms with Gasteiger partial charge in [-0.05, 0) is 56.7 Å². The van der Waals surface area contributed by atoms with Crippen LogP contribution in [0.15, 0.2) is 30.3 Å². The number of benzene rings is 1. The molecule has 0 radical (unpaired) electrons. The third kappa shape index (κ3) is 5.45. The van der Waals surface area contributed by atoms with E-state index in [0.29, 0.717) is 5.92 Å². The van der Waals surface area contributed by atoms with Gasteiger partial charge < -0.3 is 10.6 Å². The lowest BCUT2D eigenvalue weighted by molar-refractivity contribution is -0.129. The second-order valence-electron chi connectivity index (χ2n) is 7.15. The minimum Gasteiger partial charge on any atom is -0.355 e. The van der Waals surface area contributed by atoms with Crippen molar-refractivity contribution in [2.75, 3.05) is 19.6 Å². The molecule has 0 saturated carbocycles. The van der Waals surface area contributed by atoms with Gasteiger partial charge in [0, 0.05) is 12.0 Å². The first-order chi connectivity index (χ1) is 10.6. The van der Waals surface area contributed by atoms with Crippen molar-refractivity contribution in [2.45, 2.75) is 46.0 Å². The van der Waals surface area contributed by atoms with Crippen molar-refractivity contribution in [1.29, 1.82) is 0 Å². The van der Waals surface area contributed by atoms with Crippen LogP contribution in [0, 0.1) is 11.3 Å². The van der Waals surface area contributed by atoms with Gasteiger partial charge in [0.15, 0.2) is 0 Å². The maximum absolute atomic E-state index is 12.4. The number of aryl methyl sites for hydroxylation is 1. The highest BCUT2D eigenvalue weighted by Gasteiger charge is 2.27. The maximum Gasteiger partial charge on any atom is 0.225 e. The fourth-order valence-corrected chi connectivity index (χ4v) is 3.07. The van der Waals surface area contributed by atoms with Crippen LogP contribution in [-0.4, -0.2) is 25.5 Å². The van der Waals surface area contributed by atoms with Crippen LogP contribution < -0.4 is 10.6 Å². The minimum absolute atomic E-state index is 0.200. The highest BCUT2D eigenvalue weighted by molar-refractivity contribution is 5.81. The van der Waals surface area contributed by atoms with Gasteiger partial charge >= 0.3 is 0 Å². The van der Waals surface area contributed by atoms with E-state index in [1.54, 1.807) is 0 Å². The second-order valence-corrected chi connectivity index (χ2v) is 7.15. The summed E-state index contributed by atoms with van der Waals surface area (Å²) in [7, 11) is 0. The van der Waals surface area contributed by atoms with E-state index in [0.717, 1.165) is 38.9 Å². The van der Waals surface area contributed by atoms with E-state index in [9.17, 15) is 4.79 Å². The van der Waals surface area contributed by atoms with Gasteiger partial charge in [0.25, 0.3) is 0 Å². The summed E-state index contributed by atoms with van der Waals surface area (Å²) in [4.78, 5) is 12.4. The SMILES string of the molecule is CC(C)(CCCc1ccccc1)C(=O)NCC1CCCNC1. The summed E-state index contributed by atoms with van der Waals surface area (Å²) >= 11 is 0. The molecule has 1 fully saturated rings. The molecule has 1 aromatic rings. The van der Waals surface area contributed by atoms with Crippen molar-refractivity contribution in [1.82, 2.24) is 10.6 Å². The molecule has 122 valence electrons. The van der Waals surface area contributed by atoms with E-state index in [2.05, 4.69) is 48.7 Å². The number of rotatable bonds is 7. The summed E-state index contributed by atoms with van der Waals surface area (Å²) in [5.74, 6) is 0.795. The summed E-state index contributed by atoms with van der Waals surface area (Å²) < 4.78 is 0. The molecule has 1 amide bonds. The second kappa shape index (κ2) is 8.33. The predicted octanol–water partition coefficient (Wildman–Crippen LogP) is 3.15. The standard InChI is InChI=1S/C19H30N2O/c1-19(2,12-6-10-16-8-4-3-5-9-16)18(22)21-15-17-11-7-13-20-14-17/h3-5,8-9,17,20H,6-7,10-15H2,1-2H3,(H,21,22). The Morgan fingerprint density at radius 3 is 2.77 bits per heavy atom. The highest BCUT2D eigenvalue weighted by Crippen LogP contribution is 2.24. The normalized spacial score (nSPS) is 18.9. The zero-order valence-electron chi connectivity index (χ0n) is 14.0. The Morgan fingerprint density at radius 2 is 2.09 bits per heavy atom. The average Bonchev–Trinajstić information content (AvgIpc) is 2.54. The van der Waals surface area contributed by atoms with Crippen molar-refractivity contribution >= 4 is 5.91 Å². The summed E-state index contributed by atoms with van der Waals surface area (Å²) in [5.41, 5.74) is 1.07. The smallest absolute Gasteiger partial charge is 0.225 e. The van der Waals surface area contributed by atoms with Gasteiger partial charge in [0.05, 0.1) is 0 Å². The van der Waals surface area contributed by atoms with Gasteiger partial charge in [-0.25, -0.2) is 0 Å². The van der Waals surface area contributed by atoms with Gasteiger partial charge in [-0.3, -0.25) is 4.79 Å². The molecule has 0 aromatic heterocycles. The molecule has 0 spiro atoms. The minimum atomic E-state index is -0.281. The number of piperidine rings is 1. The zero-order chi connectivity index (χ0) is 15.8. The zero-order valence-corrected chi connectivity index (χ0v) is 14.0. The quantitative estimate of drug-likeness (QED) is 0.812. The Hall–Kier alpha value is -1.35. The van der Waals surface area contributed by atoms with Gasteiger partial charge in [-0.2, -0.15) is 0 Å². The van der Waals surface area contributed by atoms with Gasteiger partial charge in [0.1, 0.15) is 0 Å². The lowest BCUT2D eigenvalue weighted by Crippen LogP contribution is -2.42. The summed E-state index contributed by atoms with van der Waals surface area (Å²) in [6.07, 6.45) is 5.47. The molecule has 3 nitrogen and oxygen atoms in total. The van der Waals surface area contributed by atoms with Gasteiger partial charge in [-0.15, -0.1) is 0 Å². The molecule has 2 N–H and O–H groups in total. The van der Waals surface area contributed by atoms with E-state index in [-0.39, 0.29) is 11.3 Å². The maximum atomic E-state index is 12.4. The Morgan fingerprint density at radius 1 is 1.32 bits per heavy atom. The molecule has 1 heterocycles. The Balaban J connectivity index is 1.70. The first-order valence-corrected chi connectivity index (χ1v) is 8.61. The van der Waals surface area contributed by atoms with Crippen molar-refractivity contribution in [2.24, 2.45) is 11.3 Å².